The minimum Gasteiger partial charge on any atom is -0.494 e. The van der Waals surface area contributed by atoms with Crippen LogP contribution in [0.1, 0.15) is 55.5 Å². The van der Waals surface area contributed by atoms with E-state index in [2.05, 4.69) is 20.8 Å². The van der Waals surface area contributed by atoms with E-state index >= 15 is 0 Å². The van der Waals surface area contributed by atoms with Gasteiger partial charge in [-0.15, -0.1) is 16.4 Å². The molecule has 41 heavy (non-hydrogen) atoms. The number of anilines is 1. The number of rotatable bonds is 11. The molecule has 1 atom stereocenters. The van der Waals surface area contributed by atoms with Gasteiger partial charge in [0.2, 0.25) is 11.8 Å². The van der Waals surface area contributed by atoms with E-state index in [1.54, 1.807) is 30.2 Å². The van der Waals surface area contributed by atoms with Crippen molar-refractivity contribution in [3.05, 3.63) is 76.7 Å². The van der Waals surface area contributed by atoms with Gasteiger partial charge in [-0.05, 0) is 71.5 Å². The van der Waals surface area contributed by atoms with E-state index in [0.29, 0.717) is 35.0 Å². The summed E-state index contributed by atoms with van der Waals surface area (Å²) in [6.45, 7) is 2.45. The molecule has 1 N–H and O–H groups in total. The van der Waals surface area contributed by atoms with Crippen molar-refractivity contribution in [3.63, 3.8) is 0 Å². The number of carbonyl (C=O) groups is 2. The van der Waals surface area contributed by atoms with Crippen molar-refractivity contribution in [2.75, 3.05) is 18.6 Å². The van der Waals surface area contributed by atoms with Crippen LogP contribution in [0.4, 0.5) is 5.69 Å². The van der Waals surface area contributed by atoms with E-state index in [9.17, 15) is 9.59 Å². The Bertz CT molecular complexity index is 1420. The number of hydrogen-bond donors (Lipinski definition) is 1. The molecular weight excluding hydrogens is 540 g/mol. The molecule has 2 heterocycles. The predicted octanol–water partition coefficient (Wildman–Crippen LogP) is 4.90. The molecule has 2 aromatic heterocycles. The highest BCUT2D eigenvalue weighted by atomic mass is 32.1. The zero-order chi connectivity index (χ0) is 28.6. The maximum atomic E-state index is 14.2. The van der Waals surface area contributed by atoms with Crippen LogP contribution in [-0.2, 0) is 16.0 Å². The Balaban J connectivity index is 1.59. The molecule has 10 nitrogen and oxygen atoms in total. The summed E-state index contributed by atoms with van der Waals surface area (Å²) in [5, 5.41) is 16.6. The van der Waals surface area contributed by atoms with Gasteiger partial charge in [-0.1, -0.05) is 37.5 Å². The van der Waals surface area contributed by atoms with Crippen molar-refractivity contribution < 1.29 is 19.1 Å². The molecule has 2 aromatic carbocycles. The Kier molecular flexibility index (Phi) is 9.25. The Labute approximate surface area is 243 Å². The first-order valence-corrected chi connectivity index (χ1v) is 14.7. The molecule has 1 fully saturated rings. The van der Waals surface area contributed by atoms with Crippen molar-refractivity contribution in [2.45, 2.75) is 57.5 Å². The standard InChI is InChI=1S/C30H34N6O4S/c1-3-40-24-14-11-21(12-15-24)29(30(38)32-22-8-5-4-6-9-22)36(28(37)19-25-10-7-17-41-25)23-13-16-26(27(18-23)39-2)35-20-31-33-34-35/h7,10-18,20,22,29H,3-6,8-9,19H2,1-2H3,(H,32,38)/t29-/m0/s1. The molecule has 0 saturated heterocycles. The first-order valence-electron chi connectivity index (χ1n) is 13.9. The summed E-state index contributed by atoms with van der Waals surface area (Å²) < 4.78 is 12.8. The quantitative estimate of drug-likeness (QED) is 0.271. The summed E-state index contributed by atoms with van der Waals surface area (Å²) in [6.07, 6.45) is 6.81. The Morgan fingerprint density at radius 3 is 2.59 bits per heavy atom. The largest absolute Gasteiger partial charge is 0.494 e. The number of amides is 2. The van der Waals surface area contributed by atoms with Crippen LogP contribution in [0.25, 0.3) is 5.69 Å². The lowest BCUT2D eigenvalue weighted by molar-refractivity contribution is -0.127. The third-order valence-electron chi connectivity index (χ3n) is 7.18. The van der Waals surface area contributed by atoms with Gasteiger partial charge in [-0.25, -0.2) is 0 Å². The van der Waals surface area contributed by atoms with E-state index in [4.69, 9.17) is 9.47 Å². The van der Waals surface area contributed by atoms with Gasteiger partial charge in [0.05, 0.1) is 20.1 Å². The van der Waals surface area contributed by atoms with Crippen LogP contribution in [0.5, 0.6) is 11.5 Å². The average Bonchev–Trinajstić information content (AvgIpc) is 3.72. The number of benzene rings is 2. The summed E-state index contributed by atoms with van der Waals surface area (Å²) in [4.78, 5) is 30.8. The zero-order valence-corrected chi connectivity index (χ0v) is 24.0. The Hall–Kier alpha value is -4.25. The summed E-state index contributed by atoms with van der Waals surface area (Å²) in [5.41, 5.74) is 1.82. The fourth-order valence-corrected chi connectivity index (χ4v) is 5.92. The molecule has 5 rings (SSSR count). The second-order valence-corrected chi connectivity index (χ2v) is 10.9. The molecule has 0 aliphatic heterocycles. The van der Waals surface area contributed by atoms with Gasteiger partial charge >= 0.3 is 0 Å². The lowest BCUT2D eigenvalue weighted by Crippen LogP contribution is -2.47. The maximum Gasteiger partial charge on any atom is 0.248 e. The Morgan fingerprint density at radius 1 is 1.12 bits per heavy atom. The smallest absolute Gasteiger partial charge is 0.248 e. The first kappa shape index (κ1) is 28.3. The number of methoxy groups -OCH3 is 1. The van der Waals surface area contributed by atoms with Crippen LogP contribution < -0.4 is 19.7 Å². The SMILES string of the molecule is CCOc1ccc([C@@H](C(=O)NC2CCCCC2)N(C(=O)Cc2cccs2)c2ccc(-n3cnnn3)c(OC)c2)cc1. The fraction of sp³-hybridized carbons (Fsp3) is 0.367. The molecule has 2 amide bonds. The van der Waals surface area contributed by atoms with Gasteiger partial charge in [0.1, 0.15) is 29.6 Å². The minimum atomic E-state index is -0.913. The number of carbonyl (C=O) groups excluding carboxylic acids is 2. The molecule has 4 aromatic rings. The maximum absolute atomic E-state index is 14.2. The van der Waals surface area contributed by atoms with E-state index in [1.165, 1.54) is 28.8 Å². The second kappa shape index (κ2) is 13.4. The number of nitrogens with zero attached hydrogens (tertiary/aromatic N) is 5. The topological polar surface area (TPSA) is 111 Å². The van der Waals surface area contributed by atoms with Gasteiger partial charge in [-0.3, -0.25) is 14.5 Å². The lowest BCUT2D eigenvalue weighted by Gasteiger charge is -2.34. The molecule has 0 radical (unpaired) electrons. The van der Waals surface area contributed by atoms with Crippen LogP contribution in [0.15, 0.2) is 66.3 Å². The molecular formula is C30H34N6O4S. The van der Waals surface area contributed by atoms with Crippen LogP contribution in [0, 0.1) is 0 Å². The number of thiophene rings is 1. The normalized spacial score (nSPS) is 14.3. The number of nitrogens with one attached hydrogen (secondary N) is 1. The average molecular weight is 575 g/mol. The molecule has 0 spiro atoms. The summed E-state index contributed by atoms with van der Waals surface area (Å²) in [7, 11) is 1.55. The van der Waals surface area contributed by atoms with Crippen molar-refractivity contribution in [3.8, 4) is 17.2 Å². The van der Waals surface area contributed by atoms with E-state index < -0.39 is 6.04 Å². The summed E-state index contributed by atoms with van der Waals surface area (Å²) >= 11 is 1.51. The number of ether oxygens (including phenoxy) is 2. The molecule has 1 aliphatic carbocycles. The van der Waals surface area contributed by atoms with E-state index in [1.807, 2.05) is 48.7 Å². The van der Waals surface area contributed by atoms with Crippen LogP contribution in [0.3, 0.4) is 0 Å². The summed E-state index contributed by atoms with van der Waals surface area (Å²) in [5.74, 6) is 0.736. The second-order valence-electron chi connectivity index (χ2n) is 9.88. The molecule has 0 unspecified atom stereocenters. The molecule has 214 valence electrons. The van der Waals surface area contributed by atoms with Gasteiger partial charge < -0.3 is 14.8 Å². The predicted molar refractivity (Wildman–Crippen MR) is 157 cm³/mol. The number of tetrazole rings is 1. The van der Waals surface area contributed by atoms with Crippen molar-refractivity contribution >= 4 is 28.8 Å². The third kappa shape index (κ3) is 6.74. The van der Waals surface area contributed by atoms with Crippen molar-refractivity contribution in [1.29, 1.82) is 0 Å². The third-order valence-corrected chi connectivity index (χ3v) is 8.05. The fourth-order valence-electron chi connectivity index (χ4n) is 5.22. The Morgan fingerprint density at radius 2 is 1.93 bits per heavy atom. The van der Waals surface area contributed by atoms with Gasteiger partial charge in [0.15, 0.2) is 0 Å². The van der Waals surface area contributed by atoms with Gasteiger partial charge in [-0.2, -0.15) is 4.68 Å². The van der Waals surface area contributed by atoms with Crippen LogP contribution >= 0.6 is 11.3 Å². The van der Waals surface area contributed by atoms with Crippen LogP contribution in [0.2, 0.25) is 0 Å². The highest BCUT2D eigenvalue weighted by Gasteiger charge is 2.35. The van der Waals surface area contributed by atoms with Gasteiger partial charge in [0.25, 0.3) is 0 Å². The monoisotopic (exact) mass is 574 g/mol. The molecule has 1 aliphatic rings. The van der Waals surface area contributed by atoms with Crippen LogP contribution in [-0.4, -0.2) is 51.8 Å². The zero-order valence-electron chi connectivity index (χ0n) is 23.2. The molecule has 0 bridgehead atoms. The number of hydrogen-bond acceptors (Lipinski definition) is 8. The number of aromatic nitrogens is 4. The van der Waals surface area contributed by atoms with Crippen molar-refractivity contribution in [1.82, 2.24) is 25.5 Å². The van der Waals surface area contributed by atoms with E-state index in [0.717, 1.165) is 30.6 Å². The van der Waals surface area contributed by atoms with Crippen molar-refractivity contribution in [2.24, 2.45) is 0 Å². The highest BCUT2D eigenvalue weighted by molar-refractivity contribution is 7.10. The molecule has 1 saturated carbocycles. The summed E-state index contributed by atoms with van der Waals surface area (Å²) in [6, 6.07) is 15.7. The lowest BCUT2D eigenvalue weighted by atomic mass is 9.94. The van der Waals surface area contributed by atoms with E-state index in [-0.39, 0.29) is 24.3 Å². The minimum absolute atomic E-state index is 0.0763. The first-order chi connectivity index (χ1) is 20.1. The molecule has 11 heteroatoms. The van der Waals surface area contributed by atoms with Gasteiger partial charge in [0, 0.05) is 22.7 Å². The highest BCUT2D eigenvalue weighted by Crippen LogP contribution is 2.35.